The highest BCUT2D eigenvalue weighted by molar-refractivity contribution is 8.01. The van der Waals surface area contributed by atoms with E-state index in [9.17, 15) is 34.2 Å². The van der Waals surface area contributed by atoms with Gasteiger partial charge in [-0.15, -0.1) is 11.8 Å². The molecule has 0 bridgehead atoms. The quantitative estimate of drug-likeness (QED) is 0.169. The summed E-state index contributed by atoms with van der Waals surface area (Å²) in [6.45, 7) is 1.78. The minimum Gasteiger partial charge on any atom is -0.480 e. The molecule has 12 nitrogen and oxygen atoms in total. The summed E-state index contributed by atoms with van der Waals surface area (Å²) in [5.41, 5.74) is 5.30. The standard InChI is InChI=1S/C15H25N3O9S/c1-7(19)15(2,14(26)27)28-6-9(12(23)17-5-11(21)22)18-10(20)4-3-8(16)13(24)25/h7-9,19H,3-6,16H2,1-2H3,(H,17,23)(H,18,20)(H,21,22)(H,24,25)(H,26,27). The average Bonchev–Trinajstić information content (AvgIpc) is 2.59. The number of nitrogens with two attached hydrogens (primary N) is 1. The number of carboxylic acids is 3. The lowest BCUT2D eigenvalue weighted by Crippen LogP contribution is -2.51. The number of carbonyl (C=O) groups is 5. The first-order chi connectivity index (χ1) is 12.8. The summed E-state index contributed by atoms with van der Waals surface area (Å²) in [4.78, 5) is 56.8. The highest BCUT2D eigenvalue weighted by Gasteiger charge is 2.40. The molecule has 4 atom stereocenters. The molecular formula is C15H25N3O9S. The molecular weight excluding hydrogens is 398 g/mol. The summed E-state index contributed by atoms with van der Waals surface area (Å²) < 4.78 is -1.68. The van der Waals surface area contributed by atoms with Crippen molar-refractivity contribution >= 4 is 41.5 Å². The molecule has 0 aromatic carbocycles. The van der Waals surface area contributed by atoms with Crippen LogP contribution in [0.2, 0.25) is 0 Å². The van der Waals surface area contributed by atoms with Gasteiger partial charge in [0.2, 0.25) is 11.8 Å². The second-order valence-electron chi connectivity index (χ2n) is 6.11. The molecule has 0 aliphatic carbocycles. The molecule has 0 spiro atoms. The highest BCUT2D eigenvalue weighted by atomic mass is 32.2. The van der Waals surface area contributed by atoms with Gasteiger partial charge in [0, 0.05) is 12.2 Å². The van der Waals surface area contributed by atoms with Gasteiger partial charge in [-0.25, -0.2) is 0 Å². The van der Waals surface area contributed by atoms with E-state index in [4.69, 9.17) is 15.9 Å². The van der Waals surface area contributed by atoms with Crippen molar-refractivity contribution in [3.05, 3.63) is 0 Å². The Balaban J connectivity index is 5.12. The van der Waals surface area contributed by atoms with Gasteiger partial charge in [0.1, 0.15) is 23.4 Å². The topological polar surface area (TPSA) is 216 Å². The zero-order chi connectivity index (χ0) is 22.1. The number of aliphatic hydroxyl groups excluding tert-OH is 1. The van der Waals surface area contributed by atoms with Crippen molar-refractivity contribution in [1.29, 1.82) is 0 Å². The molecule has 160 valence electrons. The predicted octanol–water partition coefficient (Wildman–Crippen LogP) is -2.18. The van der Waals surface area contributed by atoms with Gasteiger partial charge in [-0.1, -0.05) is 0 Å². The van der Waals surface area contributed by atoms with Crippen LogP contribution >= 0.6 is 11.8 Å². The van der Waals surface area contributed by atoms with Crippen molar-refractivity contribution in [2.75, 3.05) is 12.3 Å². The van der Waals surface area contributed by atoms with Gasteiger partial charge in [0.25, 0.3) is 0 Å². The van der Waals surface area contributed by atoms with Crippen molar-refractivity contribution in [2.24, 2.45) is 5.73 Å². The van der Waals surface area contributed by atoms with E-state index in [0.29, 0.717) is 11.8 Å². The number of thioether (sulfide) groups is 1. The number of nitrogens with one attached hydrogen (secondary N) is 2. The van der Waals surface area contributed by atoms with E-state index < -0.39 is 59.2 Å². The van der Waals surface area contributed by atoms with Crippen LogP contribution in [0.15, 0.2) is 0 Å². The highest BCUT2D eigenvalue weighted by Crippen LogP contribution is 2.30. The third kappa shape index (κ3) is 8.54. The van der Waals surface area contributed by atoms with Crippen LogP contribution in [-0.4, -0.2) is 85.4 Å². The minimum atomic E-state index is -1.68. The Hall–Kier alpha value is -2.38. The summed E-state index contributed by atoms with van der Waals surface area (Å²) in [6.07, 6.45) is -1.80. The maximum Gasteiger partial charge on any atom is 0.322 e. The second-order valence-corrected chi connectivity index (χ2v) is 7.58. The second kappa shape index (κ2) is 11.5. The van der Waals surface area contributed by atoms with Crippen molar-refractivity contribution in [1.82, 2.24) is 10.6 Å². The Labute approximate surface area is 164 Å². The van der Waals surface area contributed by atoms with Crippen LogP contribution in [0.1, 0.15) is 26.7 Å². The fourth-order valence-corrected chi connectivity index (χ4v) is 2.88. The zero-order valence-corrected chi connectivity index (χ0v) is 16.2. The molecule has 8 N–H and O–H groups in total. The Kier molecular flexibility index (Phi) is 10.5. The summed E-state index contributed by atoms with van der Waals surface area (Å²) >= 11 is 0.691. The molecule has 0 saturated carbocycles. The number of hydrogen-bond donors (Lipinski definition) is 7. The Morgan fingerprint density at radius 1 is 1.14 bits per heavy atom. The monoisotopic (exact) mass is 423 g/mol. The Morgan fingerprint density at radius 2 is 1.71 bits per heavy atom. The van der Waals surface area contributed by atoms with E-state index in [-0.39, 0.29) is 18.6 Å². The normalized spacial score (nSPS) is 16.1. The number of rotatable bonds is 13. The van der Waals surface area contributed by atoms with E-state index in [2.05, 4.69) is 10.6 Å². The van der Waals surface area contributed by atoms with Gasteiger partial charge in [-0.3, -0.25) is 24.0 Å². The van der Waals surface area contributed by atoms with Crippen LogP contribution in [0, 0.1) is 0 Å². The van der Waals surface area contributed by atoms with Crippen LogP contribution in [0.25, 0.3) is 0 Å². The van der Waals surface area contributed by atoms with Gasteiger partial charge in [-0.2, -0.15) is 0 Å². The van der Waals surface area contributed by atoms with Crippen molar-refractivity contribution in [2.45, 2.75) is 49.6 Å². The molecule has 0 rings (SSSR count). The fraction of sp³-hybridized carbons (Fsp3) is 0.667. The Morgan fingerprint density at radius 3 is 2.14 bits per heavy atom. The molecule has 0 aromatic heterocycles. The minimum absolute atomic E-state index is 0.196. The van der Waals surface area contributed by atoms with E-state index in [1.807, 2.05) is 0 Å². The van der Waals surface area contributed by atoms with E-state index >= 15 is 0 Å². The molecule has 0 fully saturated rings. The van der Waals surface area contributed by atoms with E-state index in [1.165, 1.54) is 13.8 Å². The third-order valence-electron chi connectivity index (χ3n) is 3.84. The van der Waals surface area contributed by atoms with Gasteiger partial charge in [0.05, 0.1) is 6.10 Å². The van der Waals surface area contributed by atoms with Crippen LogP contribution in [-0.2, 0) is 24.0 Å². The first-order valence-corrected chi connectivity index (χ1v) is 9.12. The summed E-state index contributed by atoms with van der Waals surface area (Å²) in [6, 6.07) is -2.58. The van der Waals surface area contributed by atoms with Crippen LogP contribution in [0.4, 0.5) is 0 Å². The van der Waals surface area contributed by atoms with Crippen molar-refractivity contribution in [3.8, 4) is 0 Å². The van der Waals surface area contributed by atoms with Gasteiger partial charge in [0.15, 0.2) is 0 Å². The largest absolute Gasteiger partial charge is 0.480 e. The van der Waals surface area contributed by atoms with Gasteiger partial charge >= 0.3 is 17.9 Å². The van der Waals surface area contributed by atoms with E-state index in [0.717, 1.165) is 0 Å². The molecule has 0 saturated heterocycles. The van der Waals surface area contributed by atoms with Crippen LogP contribution < -0.4 is 16.4 Å². The number of carbonyl (C=O) groups excluding carboxylic acids is 2. The first kappa shape index (κ1) is 25.6. The molecule has 0 radical (unpaired) electrons. The predicted molar refractivity (Wildman–Crippen MR) is 97.6 cm³/mol. The summed E-state index contributed by atoms with van der Waals surface area (Å²) in [5.74, 6) is -5.83. The first-order valence-electron chi connectivity index (χ1n) is 8.13. The molecule has 2 amide bonds. The average molecular weight is 423 g/mol. The number of amides is 2. The molecule has 0 aliphatic heterocycles. The van der Waals surface area contributed by atoms with E-state index in [1.54, 1.807) is 0 Å². The van der Waals surface area contributed by atoms with Crippen molar-refractivity contribution < 1.29 is 44.4 Å². The number of hydrogen-bond acceptors (Lipinski definition) is 8. The third-order valence-corrected chi connectivity index (χ3v) is 5.45. The molecule has 4 unspecified atom stereocenters. The lowest BCUT2D eigenvalue weighted by Gasteiger charge is -2.29. The smallest absolute Gasteiger partial charge is 0.322 e. The lowest BCUT2D eigenvalue weighted by atomic mass is 10.1. The van der Waals surface area contributed by atoms with Gasteiger partial charge < -0.3 is 36.8 Å². The van der Waals surface area contributed by atoms with Crippen LogP contribution in [0.3, 0.4) is 0 Å². The number of carboxylic acid groups (broad SMARTS) is 3. The molecule has 0 aromatic rings. The summed E-state index contributed by atoms with van der Waals surface area (Å²) in [5, 5.41) is 40.7. The molecule has 0 aliphatic rings. The fourth-order valence-electron chi connectivity index (χ4n) is 1.76. The summed E-state index contributed by atoms with van der Waals surface area (Å²) in [7, 11) is 0. The maximum absolute atomic E-state index is 12.2. The molecule has 13 heteroatoms. The van der Waals surface area contributed by atoms with Crippen LogP contribution in [0.5, 0.6) is 0 Å². The zero-order valence-electron chi connectivity index (χ0n) is 15.4. The molecule has 28 heavy (non-hydrogen) atoms. The molecule has 0 heterocycles. The lowest BCUT2D eigenvalue weighted by molar-refractivity contribution is -0.142. The number of aliphatic carboxylic acids is 3. The SMILES string of the molecule is CC(O)C(C)(SCC(NC(=O)CCC(N)C(=O)O)C(=O)NCC(=O)O)C(=O)O. The van der Waals surface area contributed by atoms with Gasteiger partial charge in [-0.05, 0) is 20.3 Å². The van der Waals surface area contributed by atoms with Crippen molar-refractivity contribution in [3.63, 3.8) is 0 Å². The number of aliphatic hydroxyl groups is 1. The Bertz CT molecular complexity index is 614. The maximum atomic E-state index is 12.2.